The molecular weight excluding hydrogens is 298 g/mol. The van der Waals surface area contributed by atoms with E-state index in [1.54, 1.807) is 18.4 Å². The Kier molecular flexibility index (Phi) is 4.20. The van der Waals surface area contributed by atoms with Crippen LogP contribution in [0.4, 0.5) is 0 Å². The third-order valence-electron chi connectivity index (χ3n) is 2.59. The van der Waals surface area contributed by atoms with E-state index in [4.69, 9.17) is 10.5 Å². The molecule has 2 N–H and O–H groups in total. The van der Waals surface area contributed by atoms with Crippen molar-refractivity contribution >= 4 is 27.3 Å². The van der Waals surface area contributed by atoms with Gasteiger partial charge < -0.3 is 10.5 Å². The minimum absolute atomic E-state index is 0.0308. The second kappa shape index (κ2) is 5.67. The summed E-state index contributed by atoms with van der Waals surface area (Å²) in [5.41, 5.74) is 7.28. The van der Waals surface area contributed by atoms with E-state index in [2.05, 4.69) is 28.1 Å². The lowest BCUT2D eigenvalue weighted by molar-refractivity contribution is 0.405. The standard InChI is InChI=1S/C13H14BrNOS/c1-16-12-5-3-2-4-10(12)11(15)8-9-6-7-13(14)17-9/h2-7,11H,8,15H2,1H3. The van der Waals surface area contributed by atoms with Gasteiger partial charge in [0, 0.05) is 22.9 Å². The van der Waals surface area contributed by atoms with Crippen LogP contribution >= 0.6 is 27.3 Å². The van der Waals surface area contributed by atoms with Crippen LogP contribution in [0.3, 0.4) is 0 Å². The van der Waals surface area contributed by atoms with Crippen molar-refractivity contribution in [2.45, 2.75) is 12.5 Å². The molecule has 90 valence electrons. The Morgan fingerprint density at radius 3 is 2.71 bits per heavy atom. The van der Waals surface area contributed by atoms with Crippen LogP contribution in [0, 0.1) is 0 Å². The van der Waals surface area contributed by atoms with Crippen molar-refractivity contribution in [3.63, 3.8) is 0 Å². The van der Waals surface area contributed by atoms with E-state index < -0.39 is 0 Å². The van der Waals surface area contributed by atoms with Crippen molar-refractivity contribution in [3.8, 4) is 5.75 Å². The fourth-order valence-corrected chi connectivity index (χ4v) is 3.30. The van der Waals surface area contributed by atoms with Crippen LogP contribution in [0.25, 0.3) is 0 Å². The summed E-state index contributed by atoms with van der Waals surface area (Å²) in [6.07, 6.45) is 0.830. The Bertz CT molecular complexity index is 498. The molecule has 0 radical (unpaired) electrons. The molecule has 17 heavy (non-hydrogen) atoms. The fraction of sp³-hybridized carbons (Fsp3) is 0.231. The number of para-hydroxylation sites is 1. The summed E-state index contributed by atoms with van der Waals surface area (Å²) in [6.45, 7) is 0. The minimum Gasteiger partial charge on any atom is -0.496 e. The summed E-state index contributed by atoms with van der Waals surface area (Å²) in [5, 5.41) is 0. The maximum Gasteiger partial charge on any atom is 0.123 e. The van der Waals surface area contributed by atoms with Crippen LogP contribution in [0.5, 0.6) is 5.75 Å². The number of benzene rings is 1. The molecule has 0 saturated heterocycles. The molecule has 0 amide bonds. The molecule has 1 unspecified atom stereocenters. The average Bonchev–Trinajstić information content (AvgIpc) is 2.74. The first-order valence-electron chi connectivity index (χ1n) is 5.33. The summed E-state index contributed by atoms with van der Waals surface area (Å²) < 4.78 is 6.46. The molecule has 1 aromatic heterocycles. The van der Waals surface area contributed by atoms with Crippen LogP contribution in [0.1, 0.15) is 16.5 Å². The fourth-order valence-electron chi connectivity index (χ4n) is 1.76. The van der Waals surface area contributed by atoms with Gasteiger partial charge in [-0.25, -0.2) is 0 Å². The molecule has 1 aromatic carbocycles. The topological polar surface area (TPSA) is 35.2 Å². The number of hydrogen-bond donors (Lipinski definition) is 1. The van der Waals surface area contributed by atoms with E-state index in [1.807, 2.05) is 24.3 Å². The van der Waals surface area contributed by atoms with Gasteiger partial charge in [0.2, 0.25) is 0 Å². The van der Waals surface area contributed by atoms with Crippen LogP contribution in [0.2, 0.25) is 0 Å². The maximum absolute atomic E-state index is 6.22. The Morgan fingerprint density at radius 1 is 1.29 bits per heavy atom. The molecule has 2 rings (SSSR count). The highest BCUT2D eigenvalue weighted by atomic mass is 79.9. The van der Waals surface area contributed by atoms with Crippen LogP contribution < -0.4 is 10.5 Å². The normalized spacial score (nSPS) is 12.4. The quantitative estimate of drug-likeness (QED) is 0.933. The molecular formula is C13H14BrNOS. The SMILES string of the molecule is COc1ccccc1C(N)Cc1ccc(Br)s1. The predicted molar refractivity (Wildman–Crippen MR) is 75.6 cm³/mol. The molecule has 4 heteroatoms. The van der Waals surface area contributed by atoms with Gasteiger partial charge in [-0.1, -0.05) is 18.2 Å². The molecule has 2 aromatic rings. The van der Waals surface area contributed by atoms with Gasteiger partial charge in [-0.05, 0) is 34.1 Å². The number of ether oxygens (including phenoxy) is 1. The van der Waals surface area contributed by atoms with Gasteiger partial charge in [-0.15, -0.1) is 11.3 Å². The highest BCUT2D eigenvalue weighted by Gasteiger charge is 2.12. The second-order valence-electron chi connectivity index (χ2n) is 3.76. The number of thiophene rings is 1. The summed E-state index contributed by atoms with van der Waals surface area (Å²) in [6, 6.07) is 12.0. The summed E-state index contributed by atoms with van der Waals surface area (Å²) in [5.74, 6) is 0.857. The molecule has 0 saturated carbocycles. The van der Waals surface area contributed by atoms with Crippen molar-refractivity contribution in [1.82, 2.24) is 0 Å². The van der Waals surface area contributed by atoms with E-state index in [0.29, 0.717) is 0 Å². The Balaban J connectivity index is 2.16. The van der Waals surface area contributed by atoms with Crippen molar-refractivity contribution in [2.75, 3.05) is 7.11 Å². The lowest BCUT2D eigenvalue weighted by Crippen LogP contribution is -2.13. The van der Waals surface area contributed by atoms with E-state index in [1.165, 1.54) is 4.88 Å². The van der Waals surface area contributed by atoms with Crippen molar-refractivity contribution in [3.05, 3.63) is 50.6 Å². The van der Waals surface area contributed by atoms with Gasteiger partial charge in [0.1, 0.15) is 5.75 Å². The zero-order valence-electron chi connectivity index (χ0n) is 9.52. The molecule has 0 aliphatic carbocycles. The van der Waals surface area contributed by atoms with E-state index in [-0.39, 0.29) is 6.04 Å². The summed E-state index contributed by atoms with van der Waals surface area (Å²) in [4.78, 5) is 1.27. The number of rotatable bonds is 4. The number of methoxy groups -OCH3 is 1. The first-order chi connectivity index (χ1) is 8.20. The zero-order valence-corrected chi connectivity index (χ0v) is 11.9. The van der Waals surface area contributed by atoms with Gasteiger partial charge >= 0.3 is 0 Å². The monoisotopic (exact) mass is 311 g/mol. The smallest absolute Gasteiger partial charge is 0.123 e. The molecule has 0 spiro atoms. The van der Waals surface area contributed by atoms with E-state index >= 15 is 0 Å². The Hall–Kier alpha value is -0.840. The summed E-state index contributed by atoms with van der Waals surface area (Å²) >= 11 is 5.18. The molecule has 1 heterocycles. The minimum atomic E-state index is -0.0308. The number of nitrogens with two attached hydrogens (primary N) is 1. The molecule has 0 fully saturated rings. The van der Waals surface area contributed by atoms with Crippen LogP contribution in [-0.4, -0.2) is 7.11 Å². The third-order valence-corrected chi connectivity index (χ3v) is 4.23. The number of halogens is 1. The predicted octanol–water partition coefficient (Wildman–Crippen LogP) is 3.76. The van der Waals surface area contributed by atoms with Crippen LogP contribution in [0.15, 0.2) is 40.2 Å². The Morgan fingerprint density at radius 2 is 2.06 bits per heavy atom. The highest BCUT2D eigenvalue weighted by Crippen LogP contribution is 2.29. The zero-order chi connectivity index (χ0) is 12.3. The lowest BCUT2D eigenvalue weighted by atomic mass is 10.0. The van der Waals surface area contributed by atoms with Gasteiger partial charge in [0.25, 0.3) is 0 Å². The van der Waals surface area contributed by atoms with Crippen molar-refractivity contribution in [2.24, 2.45) is 5.73 Å². The largest absolute Gasteiger partial charge is 0.496 e. The Labute approximate surface area is 114 Å². The third kappa shape index (κ3) is 3.09. The average molecular weight is 312 g/mol. The van der Waals surface area contributed by atoms with Gasteiger partial charge in [-0.2, -0.15) is 0 Å². The molecule has 0 aliphatic heterocycles. The first-order valence-corrected chi connectivity index (χ1v) is 6.94. The van der Waals surface area contributed by atoms with Gasteiger partial charge in [0.05, 0.1) is 10.9 Å². The second-order valence-corrected chi connectivity index (χ2v) is 6.31. The first kappa shape index (κ1) is 12.6. The van der Waals surface area contributed by atoms with E-state index in [9.17, 15) is 0 Å². The van der Waals surface area contributed by atoms with Crippen LogP contribution in [-0.2, 0) is 6.42 Å². The summed E-state index contributed by atoms with van der Waals surface area (Å²) in [7, 11) is 1.67. The molecule has 1 atom stereocenters. The highest BCUT2D eigenvalue weighted by molar-refractivity contribution is 9.11. The van der Waals surface area contributed by atoms with Gasteiger partial charge in [0.15, 0.2) is 0 Å². The number of hydrogen-bond acceptors (Lipinski definition) is 3. The molecule has 0 bridgehead atoms. The van der Waals surface area contributed by atoms with Gasteiger partial charge in [-0.3, -0.25) is 0 Å². The molecule has 2 nitrogen and oxygen atoms in total. The van der Waals surface area contributed by atoms with E-state index in [0.717, 1.165) is 21.5 Å². The van der Waals surface area contributed by atoms with Crippen molar-refractivity contribution < 1.29 is 4.74 Å². The maximum atomic E-state index is 6.22. The molecule has 0 aliphatic rings. The lowest BCUT2D eigenvalue weighted by Gasteiger charge is -2.14. The van der Waals surface area contributed by atoms with Crippen molar-refractivity contribution in [1.29, 1.82) is 0 Å².